The highest BCUT2D eigenvalue weighted by atomic mass is 19.4. The van der Waals surface area contributed by atoms with Gasteiger partial charge in [-0.1, -0.05) is 6.07 Å². The van der Waals surface area contributed by atoms with E-state index in [1.165, 1.54) is 6.07 Å². The number of hydrogen-bond acceptors (Lipinski definition) is 2. The molecule has 0 aliphatic heterocycles. The first-order chi connectivity index (χ1) is 8.22. The molecule has 0 saturated heterocycles. The lowest BCUT2D eigenvalue weighted by molar-refractivity contribution is -0.136. The molecule has 3 nitrogen and oxygen atoms in total. The number of carbonyl (C=O) groups is 1. The Morgan fingerprint density at radius 3 is 2.50 bits per heavy atom. The van der Waals surface area contributed by atoms with E-state index in [1.807, 2.05) is 0 Å². The summed E-state index contributed by atoms with van der Waals surface area (Å²) in [6, 6.07) is 3.23. The van der Waals surface area contributed by atoms with Crippen LogP contribution in [-0.2, 0) is 0 Å². The topological polar surface area (TPSA) is 40.5 Å². The molecule has 0 aliphatic carbocycles. The molecule has 0 atom stereocenters. The third-order valence-corrected chi connectivity index (χ3v) is 2.28. The van der Waals surface area contributed by atoms with Crippen molar-refractivity contribution in [3.63, 3.8) is 0 Å². The van der Waals surface area contributed by atoms with E-state index in [2.05, 4.69) is 0 Å². The van der Waals surface area contributed by atoms with Crippen molar-refractivity contribution in [2.24, 2.45) is 0 Å². The molecule has 1 rings (SSSR count). The molecule has 0 radical (unpaired) electrons. The molecule has 0 unspecified atom stereocenters. The number of rotatable bonds is 3. The van der Waals surface area contributed by atoms with Crippen molar-refractivity contribution in [2.75, 3.05) is 13.6 Å². The van der Waals surface area contributed by atoms with Gasteiger partial charge in [0.2, 0.25) is 0 Å². The molecule has 0 aromatic heterocycles. The van der Waals surface area contributed by atoms with E-state index >= 15 is 0 Å². The van der Waals surface area contributed by atoms with Crippen LogP contribution in [0.1, 0.15) is 16.8 Å². The normalized spacial score (nSPS) is 11.4. The summed E-state index contributed by atoms with van der Waals surface area (Å²) in [7, 11) is 1.11. The third kappa shape index (κ3) is 3.61. The van der Waals surface area contributed by atoms with Crippen LogP contribution in [0.25, 0.3) is 0 Å². The van der Waals surface area contributed by atoms with Gasteiger partial charge in [-0.05, 0) is 12.1 Å². The van der Waals surface area contributed by atoms with Gasteiger partial charge in [-0.15, -0.1) is 0 Å². The average molecular weight is 265 g/mol. The van der Waals surface area contributed by atoms with E-state index in [-0.39, 0.29) is 0 Å². The Morgan fingerprint density at radius 1 is 1.39 bits per heavy atom. The fourth-order valence-corrected chi connectivity index (χ4v) is 1.31. The molecule has 0 heterocycles. The highest BCUT2D eigenvalue weighted by Crippen LogP contribution is 2.23. The predicted molar refractivity (Wildman–Crippen MR) is 55.7 cm³/mol. The van der Waals surface area contributed by atoms with Gasteiger partial charge in [0.25, 0.3) is 5.91 Å². The predicted octanol–water partition coefficient (Wildman–Crippen LogP) is 2.56. The summed E-state index contributed by atoms with van der Waals surface area (Å²) in [6.07, 6.45) is -5.59. The molecule has 1 amide bonds. The van der Waals surface area contributed by atoms with Crippen LogP contribution in [0.5, 0.6) is 5.75 Å². The minimum absolute atomic E-state index is 0.598. The van der Waals surface area contributed by atoms with Gasteiger partial charge in [0, 0.05) is 13.6 Å². The highest BCUT2D eigenvalue weighted by Gasteiger charge is 2.29. The lowest BCUT2D eigenvalue weighted by Gasteiger charge is -2.18. The van der Waals surface area contributed by atoms with Crippen LogP contribution in [0.3, 0.4) is 0 Å². The summed E-state index contributed by atoms with van der Waals surface area (Å²) in [4.78, 5) is 12.4. The van der Waals surface area contributed by atoms with Crippen LogP contribution >= 0.6 is 0 Å². The lowest BCUT2D eigenvalue weighted by Crippen LogP contribution is -2.31. The SMILES string of the molecule is CN(CCC(F)(F)F)C(=O)c1c(O)cccc1F. The van der Waals surface area contributed by atoms with Gasteiger partial charge in [-0.25, -0.2) is 4.39 Å². The number of hydrogen-bond donors (Lipinski definition) is 1. The van der Waals surface area contributed by atoms with Crippen LogP contribution in [0, 0.1) is 5.82 Å². The van der Waals surface area contributed by atoms with E-state index < -0.39 is 42.2 Å². The van der Waals surface area contributed by atoms with Crippen molar-refractivity contribution >= 4 is 5.91 Å². The van der Waals surface area contributed by atoms with Crippen LogP contribution in [0.15, 0.2) is 18.2 Å². The van der Waals surface area contributed by atoms with E-state index in [4.69, 9.17) is 0 Å². The quantitative estimate of drug-likeness (QED) is 0.853. The van der Waals surface area contributed by atoms with Crippen LogP contribution in [-0.4, -0.2) is 35.7 Å². The maximum absolute atomic E-state index is 13.3. The second kappa shape index (κ2) is 5.24. The fraction of sp³-hybridized carbons (Fsp3) is 0.364. The van der Waals surface area contributed by atoms with Crippen LogP contribution in [0.2, 0.25) is 0 Å². The van der Waals surface area contributed by atoms with Gasteiger partial charge < -0.3 is 10.0 Å². The number of nitrogens with zero attached hydrogens (tertiary/aromatic N) is 1. The second-order valence-electron chi connectivity index (χ2n) is 3.73. The molecular weight excluding hydrogens is 254 g/mol. The van der Waals surface area contributed by atoms with Crippen molar-refractivity contribution in [1.82, 2.24) is 4.90 Å². The minimum atomic E-state index is -4.40. The first-order valence-electron chi connectivity index (χ1n) is 5.02. The van der Waals surface area contributed by atoms with Crippen LogP contribution in [0.4, 0.5) is 17.6 Å². The maximum Gasteiger partial charge on any atom is 0.390 e. The number of phenolic OH excluding ortho intramolecular Hbond substituents is 1. The molecule has 0 aliphatic rings. The molecule has 0 saturated carbocycles. The molecule has 0 fully saturated rings. The Hall–Kier alpha value is -1.79. The van der Waals surface area contributed by atoms with Crippen molar-refractivity contribution in [1.29, 1.82) is 0 Å². The number of amides is 1. The summed E-state index contributed by atoms with van der Waals surface area (Å²) >= 11 is 0. The summed E-state index contributed by atoms with van der Waals surface area (Å²) in [6.45, 7) is -0.601. The van der Waals surface area contributed by atoms with Gasteiger partial charge in [-0.3, -0.25) is 4.79 Å². The first kappa shape index (κ1) is 14.3. The number of phenols is 1. The Bertz CT molecular complexity index is 425. The number of benzene rings is 1. The zero-order valence-corrected chi connectivity index (χ0v) is 9.46. The minimum Gasteiger partial charge on any atom is -0.507 e. The molecule has 100 valence electrons. The van der Waals surface area contributed by atoms with Gasteiger partial charge in [0.05, 0.1) is 6.42 Å². The standard InChI is InChI=1S/C11H11F4NO2/c1-16(6-5-11(13,14)15)10(18)9-7(12)3-2-4-8(9)17/h2-4,17H,5-6H2,1H3. The maximum atomic E-state index is 13.3. The largest absolute Gasteiger partial charge is 0.507 e. The van der Waals surface area contributed by atoms with E-state index in [0.717, 1.165) is 19.2 Å². The first-order valence-corrected chi connectivity index (χ1v) is 5.02. The summed E-state index contributed by atoms with van der Waals surface area (Å²) < 4.78 is 49.2. The van der Waals surface area contributed by atoms with E-state index in [0.29, 0.717) is 4.90 Å². The number of halogens is 4. The van der Waals surface area contributed by atoms with Crippen molar-refractivity contribution in [3.05, 3.63) is 29.6 Å². The molecule has 18 heavy (non-hydrogen) atoms. The molecule has 1 aromatic rings. The van der Waals surface area contributed by atoms with E-state index in [9.17, 15) is 27.5 Å². The summed E-state index contributed by atoms with van der Waals surface area (Å²) in [5.41, 5.74) is -0.623. The van der Waals surface area contributed by atoms with Gasteiger partial charge in [0.1, 0.15) is 17.1 Å². The Labute approximate surface area is 101 Å². The molecule has 0 bridgehead atoms. The van der Waals surface area contributed by atoms with Gasteiger partial charge in [0.15, 0.2) is 0 Å². The highest BCUT2D eigenvalue weighted by molar-refractivity contribution is 5.96. The zero-order chi connectivity index (χ0) is 13.9. The average Bonchev–Trinajstić information content (AvgIpc) is 2.24. The molecule has 7 heteroatoms. The van der Waals surface area contributed by atoms with Crippen molar-refractivity contribution < 1.29 is 27.5 Å². The van der Waals surface area contributed by atoms with Crippen LogP contribution < -0.4 is 0 Å². The van der Waals surface area contributed by atoms with Gasteiger partial charge in [-0.2, -0.15) is 13.2 Å². The molecule has 1 N–H and O–H groups in total. The molecule has 0 spiro atoms. The molecule has 1 aromatic carbocycles. The van der Waals surface area contributed by atoms with Crippen molar-refractivity contribution in [2.45, 2.75) is 12.6 Å². The number of alkyl halides is 3. The third-order valence-electron chi connectivity index (χ3n) is 2.28. The number of aromatic hydroxyl groups is 1. The smallest absolute Gasteiger partial charge is 0.390 e. The monoisotopic (exact) mass is 265 g/mol. The van der Waals surface area contributed by atoms with E-state index in [1.54, 1.807) is 0 Å². The Balaban J connectivity index is 2.81. The summed E-state index contributed by atoms with van der Waals surface area (Å²) in [5, 5.41) is 9.33. The summed E-state index contributed by atoms with van der Waals surface area (Å²) in [5.74, 6) is -2.56. The Morgan fingerprint density at radius 2 is 2.00 bits per heavy atom. The fourth-order valence-electron chi connectivity index (χ4n) is 1.31. The van der Waals surface area contributed by atoms with Gasteiger partial charge >= 0.3 is 6.18 Å². The number of carbonyl (C=O) groups excluding carboxylic acids is 1. The Kier molecular flexibility index (Phi) is 4.15. The second-order valence-corrected chi connectivity index (χ2v) is 3.73. The lowest BCUT2D eigenvalue weighted by atomic mass is 10.1. The zero-order valence-electron chi connectivity index (χ0n) is 9.46. The van der Waals surface area contributed by atoms with Crippen molar-refractivity contribution in [3.8, 4) is 5.75 Å². The molecular formula is C11H11F4NO2.